The van der Waals surface area contributed by atoms with Crippen LogP contribution in [0.15, 0.2) is 42.5 Å². The Balaban J connectivity index is 2.40. The number of nitro groups is 1. The molecule has 0 heterocycles. The summed E-state index contributed by atoms with van der Waals surface area (Å²) in [5.74, 6) is 0.927. The first-order chi connectivity index (χ1) is 13.8. The van der Waals surface area contributed by atoms with Crippen molar-refractivity contribution in [2.24, 2.45) is 0 Å². The number of nitrogens with zero attached hydrogens (tertiary/aromatic N) is 2. The van der Waals surface area contributed by atoms with Gasteiger partial charge in [-0.2, -0.15) is 0 Å². The zero-order valence-electron chi connectivity index (χ0n) is 16.3. The minimum absolute atomic E-state index is 0.0403. The van der Waals surface area contributed by atoms with Gasteiger partial charge in [-0.05, 0) is 36.6 Å². The zero-order valence-corrected chi connectivity index (χ0v) is 17.1. The summed E-state index contributed by atoms with van der Waals surface area (Å²) in [7, 11) is -2.30. The summed E-state index contributed by atoms with van der Waals surface area (Å²) in [4.78, 5) is 10.9. The summed E-state index contributed by atoms with van der Waals surface area (Å²) < 4.78 is 36.5. The maximum atomic E-state index is 12.5. The highest BCUT2D eigenvalue weighted by Gasteiger charge is 2.27. The molecule has 2 aromatic carbocycles. The lowest BCUT2D eigenvalue weighted by Gasteiger charge is -2.23. The van der Waals surface area contributed by atoms with Gasteiger partial charge < -0.3 is 14.6 Å². The number of hydrogen-bond acceptors (Lipinski definition) is 7. The highest BCUT2D eigenvalue weighted by atomic mass is 32.2. The number of methoxy groups -OCH3 is 1. The van der Waals surface area contributed by atoms with Crippen molar-refractivity contribution < 1.29 is 27.9 Å². The van der Waals surface area contributed by atoms with Crippen LogP contribution in [0.25, 0.3) is 0 Å². The first kappa shape index (κ1) is 22.4. The van der Waals surface area contributed by atoms with E-state index in [2.05, 4.69) is 0 Å². The van der Waals surface area contributed by atoms with Gasteiger partial charge in [-0.25, -0.2) is 8.42 Å². The van der Waals surface area contributed by atoms with Crippen LogP contribution in [0.4, 0.5) is 11.4 Å². The van der Waals surface area contributed by atoms with Gasteiger partial charge >= 0.3 is 0 Å². The van der Waals surface area contributed by atoms with Gasteiger partial charge in [0.25, 0.3) is 5.69 Å². The SMILES string of the molecule is COc1ccc(CN(c2cc(OCCCCO)ccc2[N+](=O)[O-])S(C)(=O)=O)cc1. The quantitative estimate of drug-likeness (QED) is 0.335. The Hall–Kier alpha value is -2.85. The highest BCUT2D eigenvalue weighted by molar-refractivity contribution is 7.92. The smallest absolute Gasteiger partial charge is 0.293 e. The Morgan fingerprint density at radius 1 is 1.10 bits per heavy atom. The van der Waals surface area contributed by atoms with Gasteiger partial charge in [-0.15, -0.1) is 0 Å². The van der Waals surface area contributed by atoms with Crippen LogP contribution in [-0.4, -0.2) is 45.0 Å². The number of nitro benzene ring substituents is 1. The number of rotatable bonds is 11. The molecule has 0 unspecified atom stereocenters. The average Bonchev–Trinajstić information content (AvgIpc) is 2.68. The molecule has 0 saturated heterocycles. The molecule has 0 aliphatic carbocycles. The zero-order chi connectivity index (χ0) is 21.4. The number of hydrogen-bond donors (Lipinski definition) is 1. The van der Waals surface area contributed by atoms with Crippen LogP contribution < -0.4 is 13.8 Å². The number of unbranched alkanes of at least 4 members (excludes halogenated alkanes) is 1. The molecule has 2 aromatic rings. The van der Waals surface area contributed by atoms with Crippen LogP contribution >= 0.6 is 0 Å². The molecule has 0 aliphatic heterocycles. The third-order valence-corrected chi connectivity index (χ3v) is 5.25. The van der Waals surface area contributed by atoms with Crippen LogP contribution in [0.5, 0.6) is 11.5 Å². The molecule has 9 nitrogen and oxygen atoms in total. The molecule has 0 saturated carbocycles. The molecule has 1 N–H and O–H groups in total. The van der Waals surface area contributed by atoms with E-state index < -0.39 is 14.9 Å². The van der Waals surface area contributed by atoms with Crippen LogP contribution in [-0.2, 0) is 16.6 Å². The fourth-order valence-corrected chi connectivity index (χ4v) is 3.52. The largest absolute Gasteiger partial charge is 0.497 e. The molecule has 0 aromatic heterocycles. The van der Waals surface area contributed by atoms with Crippen molar-refractivity contribution in [1.29, 1.82) is 0 Å². The van der Waals surface area contributed by atoms with E-state index in [4.69, 9.17) is 14.6 Å². The molecule has 10 heteroatoms. The number of anilines is 1. The maximum absolute atomic E-state index is 12.5. The molecule has 0 spiro atoms. The summed E-state index contributed by atoms with van der Waals surface area (Å²) in [6.45, 7) is 0.255. The first-order valence-corrected chi connectivity index (χ1v) is 10.7. The van der Waals surface area contributed by atoms with Crippen LogP contribution in [0.1, 0.15) is 18.4 Å². The predicted octanol–water partition coefficient (Wildman–Crippen LogP) is 2.72. The predicted molar refractivity (Wildman–Crippen MR) is 109 cm³/mol. The van der Waals surface area contributed by atoms with Crippen molar-refractivity contribution in [3.8, 4) is 11.5 Å². The van der Waals surface area contributed by atoms with Gasteiger partial charge in [0, 0.05) is 18.7 Å². The van der Waals surface area contributed by atoms with Crippen molar-refractivity contribution >= 4 is 21.4 Å². The van der Waals surface area contributed by atoms with E-state index in [0.717, 1.165) is 10.6 Å². The third-order valence-electron chi connectivity index (χ3n) is 4.12. The Kier molecular flexibility index (Phi) is 7.80. The lowest BCUT2D eigenvalue weighted by Crippen LogP contribution is -2.30. The molecule has 158 valence electrons. The summed E-state index contributed by atoms with van der Waals surface area (Å²) in [6, 6.07) is 10.8. The van der Waals surface area contributed by atoms with E-state index >= 15 is 0 Å². The van der Waals surface area contributed by atoms with Crippen molar-refractivity contribution in [2.45, 2.75) is 19.4 Å². The van der Waals surface area contributed by atoms with E-state index in [-0.39, 0.29) is 24.5 Å². The first-order valence-electron chi connectivity index (χ1n) is 8.89. The second-order valence-corrected chi connectivity index (χ2v) is 8.21. The summed E-state index contributed by atoms with van der Waals surface area (Å²) in [5.41, 5.74) is 0.222. The second kappa shape index (κ2) is 10.1. The number of aliphatic hydroxyl groups excluding tert-OH is 1. The van der Waals surface area contributed by atoms with Crippen LogP contribution in [0.3, 0.4) is 0 Å². The molecule has 0 amide bonds. The lowest BCUT2D eigenvalue weighted by atomic mass is 10.2. The van der Waals surface area contributed by atoms with Crippen molar-refractivity contribution in [3.05, 3.63) is 58.1 Å². The molecule has 0 fully saturated rings. The molecule has 0 atom stereocenters. The van der Waals surface area contributed by atoms with Gasteiger partial charge in [-0.3, -0.25) is 14.4 Å². The Morgan fingerprint density at radius 3 is 2.31 bits per heavy atom. The fourth-order valence-electron chi connectivity index (χ4n) is 2.63. The van der Waals surface area contributed by atoms with E-state index in [0.29, 0.717) is 36.5 Å². The third kappa shape index (κ3) is 6.33. The highest BCUT2D eigenvalue weighted by Crippen LogP contribution is 2.35. The molecular weight excluding hydrogens is 400 g/mol. The Labute approximate surface area is 169 Å². The van der Waals surface area contributed by atoms with E-state index in [1.165, 1.54) is 25.3 Å². The van der Waals surface area contributed by atoms with Gasteiger partial charge in [0.2, 0.25) is 10.0 Å². The molecule has 2 rings (SSSR count). The second-order valence-electron chi connectivity index (χ2n) is 6.30. The fraction of sp³-hybridized carbons (Fsp3) is 0.368. The molecule has 0 radical (unpaired) electrons. The van der Waals surface area contributed by atoms with Gasteiger partial charge in [0.05, 0.1) is 31.4 Å². The number of sulfonamides is 1. The van der Waals surface area contributed by atoms with Crippen molar-refractivity contribution in [3.63, 3.8) is 0 Å². The number of aliphatic hydroxyl groups is 1. The molecule has 0 bridgehead atoms. The molecule has 0 aliphatic rings. The summed E-state index contributed by atoms with van der Waals surface area (Å²) >= 11 is 0. The number of ether oxygens (including phenoxy) is 2. The van der Waals surface area contributed by atoms with Gasteiger partial charge in [0.1, 0.15) is 17.2 Å². The summed E-state index contributed by atoms with van der Waals surface area (Å²) in [6.07, 6.45) is 2.16. The molecule has 29 heavy (non-hydrogen) atoms. The minimum Gasteiger partial charge on any atom is -0.497 e. The van der Waals surface area contributed by atoms with Crippen LogP contribution in [0, 0.1) is 10.1 Å². The standard InChI is InChI=1S/C19H24N2O7S/c1-27-16-7-5-15(6-8-16)14-20(29(2,25)26)19-13-17(28-12-4-3-11-22)9-10-18(19)21(23)24/h5-10,13,22H,3-4,11-12,14H2,1-2H3. The normalized spacial score (nSPS) is 11.1. The van der Waals surface area contributed by atoms with Crippen molar-refractivity contribution in [2.75, 3.05) is 30.9 Å². The average molecular weight is 424 g/mol. The van der Waals surface area contributed by atoms with Crippen molar-refractivity contribution in [1.82, 2.24) is 0 Å². The van der Waals surface area contributed by atoms with Gasteiger partial charge in [-0.1, -0.05) is 12.1 Å². The van der Waals surface area contributed by atoms with E-state index in [1.807, 2.05) is 0 Å². The van der Waals surface area contributed by atoms with Gasteiger partial charge in [0.15, 0.2) is 0 Å². The minimum atomic E-state index is -3.82. The molecular formula is C19H24N2O7S. The summed E-state index contributed by atoms with van der Waals surface area (Å²) in [5, 5.41) is 20.3. The lowest BCUT2D eigenvalue weighted by molar-refractivity contribution is -0.384. The van der Waals surface area contributed by atoms with E-state index in [9.17, 15) is 18.5 Å². The van der Waals surface area contributed by atoms with Crippen LogP contribution in [0.2, 0.25) is 0 Å². The van der Waals surface area contributed by atoms with E-state index in [1.54, 1.807) is 24.3 Å². The Morgan fingerprint density at radius 2 is 1.76 bits per heavy atom. The topological polar surface area (TPSA) is 119 Å². The Bertz CT molecular complexity index is 930. The monoisotopic (exact) mass is 424 g/mol. The number of benzene rings is 2. The maximum Gasteiger partial charge on any atom is 0.293 e.